The first-order valence-corrected chi connectivity index (χ1v) is 12.9. The van der Waals surface area contributed by atoms with E-state index in [1.54, 1.807) is 68.8 Å². The number of alkyl halides is 3. The largest absolute Gasteiger partial charge is 0.497 e. The molecule has 9 nitrogen and oxygen atoms in total. The van der Waals surface area contributed by atoms with E-state index < -0.39 is 11.9 Å². The highest BCUT2D eigenvalue weighted by atomic mass is 19.4. The lowest BCUT2D eigenvalue weighted by Gasteiger charge is -2.34. The van der Waals surface area contributed by atoms with Crippen molar-refractivity contribution in [3.8, 4) is 16.9 Å². The first-order valence-electron chi connectivity index (χ1n) is 12.9. The highest BCUT2D eigenvalue weighted by molar-refractivity contribution is 5.99. The fourth-order valence-corrected chi connectivity index (χ4v) is 5.18. The van der Waals surface area contributed by atoms with Gasteiger partial charge in [-0.15, -0.1) is 0 Å². The van der Waals surface area contributed by atoms with Crippen LogP contribution in [-0.2, 0) is 25.7 Å². The van der Waals surface area contributed by atoms with Gasteiger partial charge in [0, 0.05) is 62.1 Å². The van der Waals surface area contributed by atoms with E-state index in [0.717, 1.165) is 0 Å². The van der Waals surface area contributed by atoms with Gasteiger partial charge in [0.1, 0.15) is 5.75 Å². The molecule has 1 amide bonds. The molecule has 3 aromatic heterocycles. The summed E-state index contributed by atoms with van der Waals surface area (Å²) in [4.78, 5) is 24.4. The van der Waals surface area contributed by atoms with Crippen LogP contribution in [0.15, 0.2) is 49.1 Å². The molecule has 0 saturated heterocycles. The number of carbonyl (C=O) groups excluding carboxylic acids is 1. The average molecular weight is 554 g/mol. The molecular weight excluding hydrogens is 523 g/mol. The normalized spacial score (nSPS) is 14.3. The van der Waals surface area contributed by atoms with Crippen LogP contribution in [0.5, 0.6) is 5.75 Å². The molecule has 1 aliphatic rings. The summed E-state index contributed by atoms with van der Waals surface area (Å²) < 4.78 is 50.8. The number of pyridine rings is 1. The maximum Gasteiger partial charge on any atom is 0.435 e. The van der Waals surface area contributed by atoms with Crippen molar-refractivity contribution in [1.29, 1.82) is 0 Å². The van der Waals surface area contributed by atoms with Crippen LogP contribution in [0, 0.1) is 0 Å². The molecule has 0 bridgehead atoms. The summed E-state index contributed by atoms with van der Waals surface area (Å²) in [5, 5.41) is 6.83. The maximum absolute atomic E-state index is 14.1. The number of hydrogen-bond acceptors (Lipinski definition) is 6. The van der Waals surface area contributed by atoms with Gasteiger partial charge in [0.15, 0.2) is 5.69 Å². The number of methoxy groups -OCH3 is 1. The summed E-state index contributed by atoms with van der Waals surface area (Å²) in [6.45, 7) is 4.53. The third-order valence-corrected chi connectivity index (χ3v) is 7.22. The first kappa shape index (κ1) is 27.2. The Balaban J connectivity index is 1.64. The fraction of sp³-hybridized carbons (Fsp3) is 0.357. The maximum atomic E-state index is 14.1. The van der Waals surface area contributed by atoms with Crippen molar-refractivity contribution in [2.45, 2.75) is 45.6 Å². The number of halogens is 3. The van der Waals surface area contributed by atoms with Crippen molar-refractivity contribution < 1.29 is 22.7 Å². The van der Waals surface area contributed by atoms with Gasteiger partial charge < -0.3 is 19.5 Å². The van der Waals surface area contributed by atoms with E-state index >= 15 is 0 Å². The van der Waals surface area contributed by atoms with Crippen molar-refractivity contribution in [3.05, 3.63) is 77.1 Å². The molecule has 40 heavy (non-hydrogen) atoms. The van der Waals surface area contributed by atoms with Crippen molar-refractivity contribution in [2.24, 2.45) is 0 Å². The second-order valence-corrected chi connectivity index (χ2v) is 9.59. The predicted octanol–water partition coefficient (Wildman–Crippen LogP) is 5.04. The van der Waals surface area contributed by atoms with E-state index in [4.69, 9.17) is 4.74 Å². The Morgan fingerprint density at radius 3 is 2.60 bits per heavy atom. The number of hydrogen-bond donors (Lipinski definition) is 1. The molecule has 4 aromatic rings. The van der Waals surface area contributed by atoms with Gasteiger partial charge in [0.05, 0.1) is 25.4 Å². The van der Waals surface area contributed by atoms with Gasteiger partial charge in [0.2, 0.25) is 5.95 Å². The first-order chi connectivity index (χ1) is 19.1. The molecule has 0 spiro atoms. The Bertz CT molecular complexity index is 1540. The molecule has 1 atom stereocenters. The molecule has 210 valence electrons. The third kappa shape index (κ3) is 5.01. The van der Waals surface area contributed by atoms with Crippen molar-refractivity contribution in [2.75, 3.05) is 26.0 Å². The average Bonchev–Trinajstić information content (AvgIpc) is 3.60. The second kappa shape index (κ2) is 10.7. The number of aromatic nitrogens is 5. The molecule has 0 fully saturated rings. The summed E-state index contributed by atoms with van der Waals surface area (Å²) in [7, 11) is 3.30. The van der Waals surface area contributed by atoms with Crippen molar-refractivity contribution in [1.82, 2.24) is 29.2 Å². The van der Waals surface area contributed by atoms with E-state index in [9.17, 15) is 18.0 Å². The Hall–Kier alpha value is -4.35. The summed E-state index contributed by atoms with van der Waals surface area (Å²) in [6.07, 6.45) is 2.17. The minimum atomic E-state index is -4.65. The monoisotopic (exact) mass is 553 g/mol. The molecule has 5 rings (SSSR count). The van der Waals surface area contributed by atoms with Gasteiger partial charge in [-0.05, 0) is 55.2 Å². The SMILES string of the molecule is CCn1cc(-c2cc(Cn3ccnc3NC)cc3c2CCN(C(C)c2cc(OC)ccn2)C3=O)c(C(F)(F)F)n1. The number of rotatable bonds is 8. The fourth-order valence-electron chi connectivity index (χ4n) is 5.18. The van der Waals surface area contributed by atoms with E-state index in [2.05, 4.69) is 20.4 Å². The summed E-state index contributed by atoms with van der Waals surface area (Å²) in [5.74, 6) is 0.955. The standard InChI is InChI=1S/C28H30F3N7O2/c1-5-37-16-23(25(35-37)28(29,30)31)21-12-18(15-36-11-9-34-27(36)32-3)13-22-20(21)7-10-38(26(22)39)17(2)24-14-19(40-4)6-8-33-24/h6,8-9,11-14,16-17H,5,7,10,15H2,1-4H3,(H,32,34). The van der Waals surface area contributed by atoms with Crippen LogP contribution in [0.3, 0.4) is 0 Å². The molecular formula is C28H30F3N7O2. The van der Waals surface area contributed by atoms with Crippen LogP contribution in [0.2, 0.25) is 0 Å². The van der Waals surface area contributed by atoms with E-state index in [1.807, 2.05) is 11.5 Å². The summed E-state index contributed by atoms with van der Waals surface area (Å²) >= 11 is 0. The molecule has 0 radical (unpaired) electrons. The summed E-state index contributed by atoms with van der Waals surface area (Å²) in [5.41, 5.74) is 1.65. The molecule has 1 N–H and O–H groups in total. The van der Waals surface area contributed by atoms with Gasteiger partial charge in [-0.2, -0.15) is 18.3 Å². The smallest absolute Gasteiger partial charge is 0.435 e. The van der Waals surface area contributed by atoms with E-state index in [0.29, 0.717) is 59.2 Å². The van der Waals surface area contributed by atoms with Crippen molar-refractivity contribution >= 4 is 11.9 Å². The van der Waals surface area contributed by atoms with Crippen LogP contribution in [-0.4, -0.2) is 55.8 Å². The number of carbonyl (C=O) groups is 1. The number of ether oxygens (including phenoxy) is 1. The molecule has 1 aromatic carbocycles. The Morgan fingerprint density at radius 1 is 1.12 bits per heavy atom. The molecule has 0 aliphatic carbocycles. The number of nitrogens with one attached hydrogen (secondary N) is 1. The van der Waals surface area contributed by atoms with Crippen LogP contribution in [0.1, 0.15) is 52.8 Å². The number of imidazole rings is 1. The highest BCUT2D eigenvalue weighted by Crippen LogP contribution is 2.41. The number of benzene rings is 1. The lowest BCUT2D eigenvalue weighted by Crippen LogP contribution is -2.40. The molecule has 1 unspecified atom stereocenters. The van der Waals surface area contributed by atoms with Crippen LogP contribution in [0.4, 0.5) is 19.1 Å². The number of nitrogens with zero attached hydrogens (tertiary/aromatic N) is 6. The molecule has 1 aliphatic heterocycles. The lowest BCUT2D eigenvalue weighted by molar-refractivity contribution is -0.141. The minimum absolute atomic E-state index is 0.0318. The van der Waals surface area contributed by atoms with Gasteiger partial charge >= 0.3 is 6.18 Å². The van der Waals surface area contributed by atoms with Crippen LogP contribution >= 0.6 is 0 Å². The highest BCUT2D eigenvalue weighted by Gasteiger charge is 2.39. The zero-order valence-corrected chi connectivity index (χ0v) is 22.7. The predicted molar refractivity (Wildman–Crippen MR) is 143 cm³/mol. The van der Waals surface area contributed by atoms with E-state index in [-0.39, 0.29) is 24.1 Å². The molecule has 12 heteroatoms. The molecule has 0 saturated carbocycles. The van der Waals surface area contributed by atoms with Crippen LogP contribution in [0.25, 0.3) is 11.1 Å². The topological polar surface area (TPSA) is 90.1 Å². The number of aryl methyl sites for hydroxylation is 1. The van der Waals surface area contributed by atoms with Gasteiger partial charge in [-0.25, -0.2) is 4.98 Å². The van der Waals surface area contributed by atoms with Crippen LogP contribution < -0.4 is 10.1 Å². The summed E-state index contributed by atoms with van der Waals surface area (Å²) in [6, 6.07) is 6.64. The number of anilines is 1. The van der Waals surface area contributed by atoms with Gasteiger partial charge in [-0.3, -0.25) is 14.5 Å². The van der Waals surface area contributed by atoms with Gasteiger partial charge in [0.25, 0.3) is 5.91 Å². The minimum Gasteiger partial charge on any atom is -0.497 e. The third-order valence-electron chi connectivity index (χ3n) is 7.22. The Morgan fingerprint density at radius 2 is 1.90 bits per heavy atom. The lowest BCUT2D eigenvalue weighted by atomic mass is 9.87. The number of fused-ring (bicyclic) bond motifs is 1. The Labute approximate surface area is 229 Å². The quantitative estimate of drug-likeness (QED) is 0.329. The molecule has 4 heterocycles. The van der Waals surface area contributed by atoms with E-state index in [1.165, 1.54) is 10.9 Å². The van der Waals surface area contributed by atoms with Gasteiger partial charge in [-0.1, -0.05) is 0 Å². The Kier molecular flexibility index (Phi) is 7.26. The zero-order valence-electron chi connectivity index (χ0n) is 22.7. The zero-order chi connectivity index (χ0) is 28.6. The second-order valence-electron chi connectivity index (χ2n) is 9.59. The number of amides is 1. The van der Waals surface area contributed by atoms with Crippen molar-refractivity contribution in [3.63, 3.8) is 0 Å².